The van der Waals surface area contributed by atoms with Crippen molar-refractivity contribution < 1.29 is 9.18 Å². The van der Waals surface area contributed by atoms with E-state index in [1.54, 1.807) is 36.0 Å². The van der Waals surface area contributed by atoms with Crippen molar-refractivity contribution in [2.75, 3.05) is 5.32 Å². The van der Waals surface area contributed by atoms with Crippen LogP contribution in [0.15, 0.2) is 36.8 Å². The topological polar surface area (TPSA) is 77.6 Å². The first-order valence-electron chi connectivity index (χ1n) is 7.63. The Balaban J connectivity index is 1.54. The minimum atomic E-state index is -0.309. The third kappa shape index (κ3) is 4.42. The average Bonchev–Trinajstić information content (AvgIpc) is 3.14. The number of anilines is 1. The molecule has 7 nitrogen and oxygen atoms in total. The monoisotopic (exact) mass is 362 g/mol. The quantitative estimate of drug-likeness (QED) is 0.731. The lowest BCUT2D eigenvalue weighted by molar-refractivity contribution is -0.116. The van der Waals surface area contributed by atoms with Gasteiger partial charge in [0.15, 0.2) is 0 Å². The molecule has 1 N–H and O–H groups in total. The van der Waals surface area contributed by atoms with E-state index in [0.29, 0.717) is 17.1 Å². The van der Waals surface area contributed by atoms with Crippen LogP contribution in [0.4, 0.5) is 10.3 Å². The molecule has 0 saturated heterocycles. The summed E-state index contributed by atoms with van der Waals surface area (Å²) in [5, 5.41) is 11.5. The Labute approximate surface area is 148 Å². The van der Waals surface area contributed by atoms with Gasteiger partial charge in [0.2, 0.25) is 11.9 Å². The van der Waals surface area contributed by atoms with Crippen molar-refractivity contribution in [3.63, 3.8) is 0 Å². The van der Waals surface area contributed by atoms with Gasteiger partial charge in [0.05, 0.1) is 17.3 Å². The molecule has 1 amide bonds. The molecule has 0 fully saturated rings. The minimum Gasteiger partial charge on any atom is -0.293 e. The summed E-state index contributed by atoms with van der Waals surface area (Å²) in [6, 6.07) is 6.44. The summed E-state index contributed by atoms with van der Waals surface area (Å²) >= 11 is 5.92. The van der Waals surface area contributed by atoms with E-state index in [1.165, 1.54) is 17.1 Å². The summed E-state index contributed by atoms with van der Waals surface area (Å²) in [6.45, 7) is 2.43. The maximum atomic E-state index is 13.6. The summed E-state index contributed by atoms with van der Waals surface area (Å²) < 4.78 is 16.7. The van der Waals surface area contributed by atoms with Crippen LogP contribution in [0.25, 0.3) is 0 Å². The minimum absolute atomic E-state index is 0.177. The second-order valence-corrected chi connectivity index (χ2v) is 5.89. The van der Waals surface area contributed by atoms with Crippen LogP contribution < -0.4 is 5.32 Å². The van der Waals surface area contributed by atoms with Gasteiger partial charge in [-0.15, -0.1) is 5.10 Å². The van der Waals surface area contributed by atoms with Crippen LogP contribution in [-0.4, -0.2) is 30.5 Å². The van der Waals surface area contributed by atoms with Crippen LogP contribution in [0.1, 0.15) is 17.7 Å². The van der Waals surface area contributed by atoms with E-state index in [4.69, 9.17) is 11.6 Å². The predicted octanol–water partition coefficient (Wildman–Crippen LogP) is 2.65. The standard InChI is InChI=1S/C16H16ClFN6O/c1-11-13(17)9-23(21-11)7-6-15(25)20-16-19-10-24(22-16)8-12-4-2-3-5-14(12)18/h2-5,9-10H,6-8H2,1H3,(H,20,22,25). The third-order valence-corrected chi connectivity index (χ3v) is 3.90. The summed E-state index contributed by atoms with van der Waals surface area (Å²) in [5.41, 5.74) is 1.21. The van der Waals surface area contributed by atoms with Crippen molar-refractivity contribution >= 4 is 23.5 Å². The van der Waals surface area contributed by atoms with E-state index >= 15 is 0 Å². The number of aromatic nitrogens is 5. The van der Waals surface area contributed by atoms with Gasteiger partial charge in [-0.1, -0.05) is 29.8 Å². The zero-order chi connectivity index (χ0) is 17.8. The zero-order valence-electron chi connectivity index (χ0n) is 13.5. The fourth-order valence-electron chi connectivity index (χ4n) is 2.24. The highest BCUT2D eigenvalue weighted by atomic mass is 35.5. The van der Waals surface area contributed by atoms with Crippen molar-refractivity contribution in [3.8, 4) is 0 Å². The lowest BCUT2D eigenvalue weighted by atomic mass is 10.2. The highest BCUT2D eigenvalue weighted by molar-refractivity contribution is 6.31. The molecule has 0 unspecified atom stereocenters. The van der Waals surface area contributed by atoms with E-state index < -0.39 is 0 Å². The Morgan fingerprint density at radius 2 is 2.08 bits per heavy atom. The molecule has 0 aliphatic carbocycles. The fraction of sp³-hybridized carbons (Fsp3) is 0.250. The Bertz CT molecular complexity index is 871. The number of nitrogens with zero attached hydrogens (tertiary/aromatic N) is 5. The molecule has 0 saturated carbocycles. The number of benzene rings is 1. The number of nitrogens with one attached hydrogen (secondary N) is 1. The molecular weight excluding hydrogens is 347 g/mol. The molecule has 130 valence electrons. The third-order valence-electron chi connectivity index (χ3n) is 3.53. The van der Waals surface area contributed by atoms with Gasteiger partial charge >= 0.3 is 0 Å². The molecule has 0 aliphatic rings. The van der Waals surface area contributed by atoms with Gasteiger partial charge in [0.1, 0.15) is 12.1 Å². The molecule has 9 heteroatoms. The van der Waals surface area contributed by atoms with Crippen molar-refractivity contribution in [3.05, 3.63) is 58.9 Å². The number of aryl methyl sites for hydroxylation is 2. The highest BCUT2D eigenvalue weighted by Gasteiger charge is 2.09. The maximum Gasteiger partial charge on any atom is 0.248 e. The number of carbonyl (C=O) groups is 1. The number of hydrogen-bond acceptors (Lipinski definition) is 4. The molecule has 0 aliphatic heterocycles. The number of amides is 1. The van der Waals surface area contributed by atoms with Crippen LogP contribution in [0.3, 0.4) is 0 Å². The molecule has 0 bridgehead atoms. The first-order valence-corrected chi connectivity index (χ1v) is 8.01. The normalized spacial score (nSPS) is 10.8. The number of hydrogen-bond donors (Lipinski definition) is 1. The van der Waals surface area contributed by atoms with Crippen molar-refractivity contribution in [2.45, 2.75) is 26.4 Å². The van der Waals surface area contributed by atoms with Crippen molar-refractivity contribution in [1.82, 2.24) is 24.5 Å². The Morgan fingerprint density at radius 1 is 1.28 bits per heavy atom. The van der Waals surface area contributed by atoms with Crippen LogP contribution >= 0.6 is 11.6 Å². The van der Waals surface area contributed by atoms with Crippen LogP contribution in [0, 0.1) is 12.7 Å². The van der Waals surface area contributed by atoms with Gasteiger partial charge in [-0.3, -0.25) is 14.8 Å². The van der Waals surface area contributed by atoms with Crippen LogP contribution in [0.2, 0.25) is 5.02 Å². The predicted molar refractivity (Wildman–Crippen MR) is 90.7 cm³/mol. The lowest BCUT2D eigenvalue weighted by Gasteiger charge is -2.03. The summed E-state index contributed by atoms with van der Waals surface area (Å²) in [4.78, 5) is 16.0. The van der Waals surface area contributed by atoms with E-state index in [9.17, 15) is 9.18 Å². The molecule has 1 aromatic carbocycles. The Hall–Kier alpha value is -2.74. The molecule has 2 heterocycles. The zero-order valence-corrected chi connectivity index (χ0v) is 14.2. The van der Waals surface area contributed by atoms with E-state index in [-0.39, 0.29) is 30.6 Å². The van der Waals surface area contributed by atoms with Gasteiger partial charge in [0, 0.05) is 24.7 Å². The molecule has 25 heavy (non-hydrogen) atoms. The molecule has 0 spiro atoms. The summed E-state index contributed by atoms with van der Waals surface area (Å²) in [7, 11) is 0. The van der Waals surface area contributed by atoms with Crippen molar-refractivity contribution in [1.29, 1.82) is 0 Å². The van der Waals surface area contributed by atoms with E-state index in [1.807, 2.05) is 0 Å². The SMILES string of the molecule is Cc1nn(CCC(=O)Nc2ncn(Cc3ccccc3F)n2)cc1Cl. The molecule has 0 radical (unpaired) electrons. The van der Waals surface area contributed by atoms with Gasteiger partial charge in [-0.25, -0.2) is 14.1 Å². The first kappa shape index (κ1) is 17.1. The van der Waals surface area contributed by atoms with Gasteiger partial charge < -0.3 is 0 Å². The molecule has 3 aromatic rings. The number of halogens is 2. The second kappa shape index (κ2) is 7.43. The van der Waals surface area contributed by atoms with Gasteiger partial charge in [-0.2, -0.15) is 5.10 Å². The van der Waals surface area contributed by atoms with Crippen LogP contribution in [-0.2, 0) is 17.9 Å². The van der Waals surface area contributed by atoms with Gasteiger partial charge in [0.25, 0.3) is 0 Å². The smallest absolute Gasteiger partial charge is 0.248 e. The molecule has 3 rings (SSSR count). The van der Waals surface area contributed by atoms with Crippen molar-refractivity contribution in [2.24, 2.45) is 0 Å². The van der Waals surface area contributed by atoms with Gasteiger partial charge in [-0.05, 0) is 13.0 Å². The average molecular weight is 363 g/mol. The lowest BCUT2D eigenvalue weighted by Crippen LogP contribution is -2.16. The number of rotatable bonds is 6. The van der Waals surface area contributed by atoms with Crippen LogP contribution in [0.5, 0.6) is 0 Å². The molecule has 0 atom stereocenters. The maximum absolute atomic E-state index is 13.6. The van der Waals surface area contributed by atoms with E-state index in [2.05, 4.69) is 20.5 Å². The Kier molecular flexibility index (Phi) is 5.08. The highest BCUT2D eigenvalue weighted by Crippen LogP contribution is 2.12. The summed E-state index contributed by atoms with van der Waals surface area (Å²) in [5.74, 6) is -0.374. The molecular formula is C16H16ClFN6O. The largest absolute Gasteiger partial charge is 0.293 e. The first-order chi connectivity index (χ1) is 12.0. The fourth-order valence-corrected chi connectivity index (χ4v) is 2.39. The molecule has 2 aromatic heterocycles. The Morgan fingerprint density at radius 3 is 2.80 bits per heavy atom. The number of carbonyl (C=O) groups excluding carboxylic acids is 1. The van der Waals surface area contributed by atoms with E-state index in [0.717, 1.165) is 5.69 Å². The summed E-state index contributed by atoms with van der Waals surface area (Å²) in [6.07, 6.45) is 3.32. The second-order valence-electron chi connectivity index (χ2n) is 5.48.